The lowest BCUT2D eigenvalue weighted by Crippen LogP contribution is -2.33. The second kappa shape index (κ2) is 13.2. The highest BCUT2D eigenvalue weighted by Crippen LogP contribution is 2.67. The van der Waals surface area contributed by atoms with Gasteiger partial charge in [-0.05, 0) is 144 Å². The third-order valence-corrected chi connectivity index (χ3v) is 14.1. The minimum Gasteiger partial charge on any atom is -0.313 e. The van der Waals surface area contributed by atoms with Crippen molar-refractivity contribution in [1.29, 1.82) is 0 Å². The molecule has 59 heavy (non-hydrogen) atoms. The number of nitrogens with zero attached hydrogens (tertiary/aromatic N) is 2. The van der Waals surface area contributed by atoms with E-state index >= 15 is 0 Å². The van der Waals surface area contributed by atoms with Gasteiger partial charge >= 0.3 is 0 Å². The highest BCUT2D eigenvalue weighted by molar-refractivity contribution is 6.01. The van der Waals surface area contributed by atoms with Crippen LogP contribution in [0.15, 0.2) is 175 Å². The molecule has 0 radical (unpaired) electrons. The molecule has 0 fully saturated rings. The highest BCUT2D eigenvalue weighted by atomic mass is 15.1. The minimum absolute atomic E-state index is 0.238. The maximum absolute atomic E-state index is 2.58. The molecule has 0 amide bonds. The van der Waals surface area contributed by atoms with Gasteiger partial charge in [0.25, 0.3) is 0 Å². The van der Waals surface area contributed by atoms with E-state index in [0.717, 1.165) is 32.1 Å². The van der Waals surface area contributed by atoms with Crippen LogP contribution in [0, 0.1) is 19.8 Å². The lowest BCUT2D eigenvalue weighted by atomic mass is 9.64. The van der Waals surface area contributed by atoms with Crippen molar-refractivity contribution in [3.8, 4) is 16.8 Å². The van der Waals surface area contributed by atoms with E-state index in [0.29, 0.717) is 5.92 Å². The Labute approximate surface area is 347 Å². The van der Waals surface area contributed by atoms with Gasteiger partial charge in [0.05, 0.1) is 16.6 Å². The molecule has 2 nitrogen and oxygen atoms in total. The van der Waals surface area contributed by atoms with E-state index in [9.17, 15) is 0 Å². The topological polar surface area (TPSA) is 8.17 Å². The number of allylic oxidation sites excluding steroid dienone is 9. The molecule has 0 bridgehead atoms. The summed E-state index contributed by atoms with van der Waals surface area (Å²) in [6, 6.07) is 50.6. The Morgan fingerprint density at radius 2 is 1.37 bits per heavy atom. The standard InChI is InChI=1S/C57H46N2/c1-37-17-6-7-20-42(37)43-33-31-40(35-38(43)2)58(41-32-34-47-46-23-11-15-29-53(46)59(55(47)36-41)39-18-4-3-5-19-39)54-30-16-28-52-56(54)48-24-10-14-27-51(48)57(52)49-25-12-8-21-44(49)45-22-9-13-26-50(45)57/h3-8,10-14,16-21,23-26,28,30-36,51H,9,15,22,27,29H2,1-2H3. The number of benzene rings is 6. The molecule has 1 spiro atoms. The second-order valence-corrected chi connectivity index (χ2v) is 17.0. The van der Waals surface area contributed by atoms with E-state index in [1.807, 2.05) is 0 Å². The fourth-order valence-corrected chi connectivity index (χ4v) is 11.7. The Balaban J connectivity index is 1.14. The number of hydrogen-bond acceptors (Lipinski definition) is 1. The molecule has 2 atom stereocenters. The van der Waals surface area contributed by atoms with Crippen molar-refractivity contribution < 1.29 is 0 Å². The van der Waals surface area contributed by atoms with Crippen LogP contribution in [0.1, 0.15) is 70.3 Å². The van der Waals surface area contributed by atoms with Gasteiger partial charge in [0.15, 0.2) is 0 Å². The van der Waals surface area contributed by atoms with Gasteiger partial charge in [-0.3, -0.25) is 0 Å². The zero-order valence-electron chi connectivity index (χ0n) is 33.8. The van der Waals surface area contributed by atoms with Crippen LogP contribution in [0.4, 0.5) is 17.1 Å². The number of rotatable bonds is 5. The monoisotopic (exact) mass is 758 g/mol. The fourth-order valence-electron chi connectivity index (χ4n) is 11.7. The molecule has 0 saturated heterocycles. The van der Waals surface area contributed by atoms with Crippen LogP contribution in [0.25, 0.3) is 44.9 Å². The van der Waals surface area contributed by atoms with E-state index in [2.05, 4.69) is 199 Å². The molecule has 284 valence electrons. The van der Waals surface area contributed by atoms with Crippen molar-refractivity contribution >= 4 is 45.2 Å². The maximum Gasteiger partial charge on any atom is 0.0558 e. The number of anilines is 3. The van der Waals surface area contributed by atoms with Gasteiger partial charge in [0.1, 0.15) is 0 Å². The van der Waals surface area contributed by atoms with E-state index in [-0.39, 0.29) is 5.41 Å². The first-order valence-corrected chi connectivity index (χ1v) is 21.5. The smallest absolute Gasteiger partial charge is 0.0558 e. The van der Waals surface area contributed by atoms with Gasteiger partial charge in [0, 0.05) is 45.2 Å². The number of fused-ring (bicyclic) bond motifs is 12. The summed E-state index contributed by atoms with van der Waals surface area (Å²) in [5.41, 5.74) is 23.9. The number of hydrogen-bond donors (Lipinski definition) is 0. The molecule has 0 aliphatic heterocycles. The van der Waals surface area contributed by atoms with Gasteiger partial charge in [0.2, 0.25) is 0 Å². The summed E-state index contributed by atoms with van der Waals surface area (Å²) in [7, 11) is 0. The average molecular weight is 759 g/mol. The molecule has 0 N–H and O–H groups in total. The summed E-state index contributed by atoms with van der Waals surface area (Å²) >= 11 is 0. The predicted octanol–water partition coefficient (Wildman–Crippen LogP) is 14.7. The summed E-state index contributed by atoms with van der Waals surface area (Å²) in [5.74, 6) is 0.309. The molecule has 5 aliphatic carbocycles. The van der Waals surface area contributed by atoms with Crippen LogP contribution in [0.5, 0.6) is 0 Å². The van der Waals surface area contributed by atoms with E-state index in [1.165, 1.54) is 101 Å². The lowest BCUT2D eigenvalue weighted by Gasteiger charge is -2.37. The average Bonchev–Trinajstić information content (AvgIpc) is 3.89. The lowest BCUT2D eigenvalue weighted by molar-refractivity contribution is 0.490. The van der Waals surface area contributed by atoms with E-state index in [4.69, 9.17) is 0 Å². The number of aryl methyl sites for hydroxylation is 2. The molecule has 12 rings (SSSR count). The van der Waals surface area contributed by atoms with Crippen molar-refractivity contribution in [3.63, 3.8) is 0 Å². The maximum atomic E-state index is 2.58. The van der Waals surface area contributed by atoms with Crippen molar-refractivity contribution in [3.05, 3.63) is 220 Å². The Kier molecular flexibility index (Phi) is 7.69. The predicted molar refractivity (Wildman–Crippen MR) is 248 cm³/mol. The summed E-state index contributed by atoms with van der Waals surface area (Å²) in [6.07, 6.45) is 22.0. The Morgan fingerprint density at radius 3 is 2.25 bits per heavy atom. The van der Waals surface area contributed by atoms with Gasteiger partial charge in [-0.15, -0.1) is 0 Å². The van der Waals surface area contributed by atoms with Crippen molar-refractivity contribution in [1.82, 2.24) is 4.57 Å². The SMILES string of the molecule is Cc1ccccc1-c1ccc(N(c2ccc3c4c(n(-c5ccccc5)c3c2)CCC=C4)c2cccc3c2C2=CC=CCC2C32C3=C(CCC=C3)c3ccccc32)cc1C. The first-order chi connectivity index (χ1) is 29.1. The van der Waals surface area contributed by atoms with Crippen molar-refractivity contribution in [2.24, 2.45) is 5.92 Å². The molecule has 1 aromatic heterocycles. The first-order valence-electron chi connectivity index (χ1n) is 21.5. The summed E-state index contributed by atoms with van der Waals surface area (Å²) < 4.78 is 2.52. The summed E-state index contributed by atoms with van der Waals surface area (Å²) in [4.78, 5) is 2.58. The Hall–Kier alpha value is -6.64. The van der Waals surface area contributed by atoms with Gasteiger partial charge in [-0.1, -0.05) is 134 Å². The molecule has 6 aromatic carbocycles. The largest absolute Gasteiger partial charge is 0.313 e. The highest BCUT2D eigenvalue weighted by Gasteiger charge is 2.57. The van der Waals surface area contributed by atoms with E-state index in [1.54, 1.807) is 5.57 Å². The molecular weight excluding hydrogens is 713 g/mol. The van der Waals surface area contributed by atoms with E-state index < -0.39 is 0 Å². The molecular formula is C57H46N2. The number of para-hydroxylation sites is 1. The van der Waals surface area contributed by atoms with Crippen LogP contribution in [-0.4, -0.2) is 4.57 Å². The zero-order valence-corrected chi connectivity index (χ0v) is 33.8. The quantitative estimate of drug-likeness (QED) is 0.170. The van der Waals surface area contributed by atoms with Crippen molar-refractivity contribution in [2.45, 2.75) is 51.4 Å². The molecule has 0 saturated carbocycles. The summed E-state index contributed by atoms with van der Waals surface area (Å²) in [5, 5.41) is 1.30. The van der Waals surface area contributed by atoms with Gasteiger partial charge in [-0.2, -0.15) is 0 Å². The molecule has 1 heterocycles. The molecule has 2 heteroatoms. The third kappa shape index (κ3) is 4.87. The van der Waals surface area contributed by atoms with Gasteiger partial charge < -0.3 is 9.47 Å². The molecule has 2 unspecified atom stereocenters. The Morgan fingerprint density at radius 1 is 0.627 bits per heavy atom. The number of aromatic nitrogens is 1. The van der Waals surface area contributed by atoms with Gasteiger partial charge in [-0.25, -0.2) is 0 Å². The van der Waals surface area contributed by atoms with Crippen LogP contribution >= 0.6 is 0 Å². The fraction of sp³-hybridized carbons (Fsp3) is 0.158. The zero-order chi connectivity index (χ0) is 39.2. The Bertz CT molecular complexity index is 3050. The first kappa shape index (κ1) is 34.4. The third-order valence-electron chi connectivity index (χ3n) is 14.1. The summed E-state index contributed by atoms with van der Waals surface area (Å²) in [6.45, 7) is 4.50. The second-order valence-electron chi connectivity index (χ2n) is 17.0. The van der Waals surface area contributed by atoms with Crippen LogP contribution in [-0.2, 0) is 11.8 Å². The molecule has 5 aliphatic rings. The normalized spacial score (nSPS) is 19.4. The molecule has 7 aromatic rings. The van der Waals surface area contributed by atoms with Crippen LogP contribution in [0.2, 0.25) is 0 Å². The van der Waals surface area contributed by atoms with Crippen LogP contribution in [0.3, 0.4) is 0 Å². The minimum atomic E-state index is -0.238. The van der Waals surface area contributed by atoms with Crippen LogP contribution < -0.4 is 4.90 Å². The van der Waals surface area contributed by atoms with Crippen molar-refractivity contribution in [2.75, 3.05) is 4.90 Å².